The molecule has 0 saturated heterocycles. The predicted molar refractivity (Wildman–Crippen MR) is 73.5 cm³/mol. The molecule has 16 heavy (non-hydrogen) atoms. The molecule has 1 aromatic carbocycles. The van der Waals surface area contributed by atoms with E-state index in [9.17, 15) is 0 Å². The quantitative estimate of drug-likeness (QED) is 0.872. The lowest BCUT2D eigenvalue weighted by Crippen LogP contribution is -2.15. The number of rotatable bonds is 3. The number of aryl methyl sites for hydroxylation is 1. The third kappa shape index (κ3) is 1.86. The second kappa shape index (κ2) is 4.04. The minimum absolute atomic E-state index is 0.728. The van der Waals surface area contributed by atoms with Crippen LogP contribution in [0.15, 0.2) is 22.6 Å². The predicted octanol–water partition coefficient (Wildman–Crippen LogP) is 3.60. The van der Waals surface area contributed by atoms with Gasteiger partial charge < -0.3 is 9.73 Å². The summed E-state index contributed by atoms with van der Waals surface area (Å²) in [5, 5.41) is 4.75. The fraction of sp³-hybridized carbons (Fsp3) is 0.385. The highest BCUT2D eigenvalue weighted by atomic mass is 127. The number of para-hydroxylation sites is 1. The summed E-state index contributed by atoms with van der Waals surface area (Å²) in [4.78, 5) is 0. The Labute approximate surface area is 109 Å². The highest BCUT2D eigenvalue weighted by Gasteiger charge is 2.21. The zero-order valence-corrected chi connectivity index (χ0v) is 11.4. The van der Waals surface area contributed by atoms with Crippen molar-refractivity contribution in [3.63, 3.8) is 0 Å². The van der Waals surface area contributed by atoms with Gasteiger partial charge in [0.1, 0.15) is 11.3 Å². The Morgan fingerprint density at radius 1 is 1.44 bits per heavy atom. The van der Waals surface area contributed by atoms with Crippen LogP contribution in [0.1, 0.15) is 24.2 Å². The van der Waals surface area contributed by atoms with Crippen LogP contribution in [0.5, 0.6) is 0 Å². The fourth-order valence-corrected chi connectivity index (χ4v) is 2.56. The van der Waals surface area contributed by atoms with Gasteiger partial charge in [0.15, 0.2) is 0 Å². The normalized spacial score (nSPS) is 15.9. The van der Waals surface area contributed by atoms with E-state index in [0.29, 0.717) is 0 Å². The zero-order chi connectivity index (χ0) is 11.1. The summed E-state index contributed by atoms with van der Waals surface area (Å²) < 4.78 is 7.13. The van der Waals surface area contributed by atoms with Crippen molar-refractivity contribution in [2.45, 2.75) is 32.4 Å². The van der Waals surface area contributed by atoms with E-state index in [1.165, 1.54) is 27.4 Å². The van der Waals surface area contributed by atoms with E-state index in [4.69, 9.17) is 4.42 Å². The van der Waals surface area contributed by atoms with Gasteiger partial charge in [0.25, 0.3) is 0 Å². The zero-order valence-electron chi connectivity index (χ0n) is 9.22. The number of nitrogens with one attached hydrogen (secondary N) is 1. The van der Waals surface area contributed by atoms with E-state index >= 15 is 0 Å². The molecular formula is C13H14INO. The van der Waals surface area contributed by atoms with Crippen LogP contribution < -0.4 is 5.32 Å². The molecule has 2 nitrogen and oxygen atoms in total. The molecule has 3 heteroatoms. The first-order chi connectivity index (χ1) is 7.75. The molecule has 1 fully saturated rings. The molecule has 84 valence electrons. The first-order valence-electron chi connectivity index (χ1n) is 5.65. The van der Waals surface area contributed by atoms with E-state index in [-0.39, 0.29) is 0 Å². The molecule has 0 spiro atoms. The summed E-state index contributed by atoms with van der Waals surface area (Å²) >= 11 is 2.33. The van der Waals surface area contributed by atoms with Crippen molar-refractivity contribution in [2.75, 3.05) is 0 Å². The first-order valence-corrected chi connectivity index (χ1v) is 6.73. The van der Waals surface area contributed by atoms with Gasteiger partial charge in [-0.1, -0.05) is 12.1 Å². The third-order valence-electron chi connectivity index (χ3n) is 3.14. The summed E-state index contributed by atoms with van der Waals surface area (Å²) in [5.74, 6) is 1.09. The van der Waals surface area contributed by atoms with E-state index < -0.39 is 0 Å². The van der Waals surface area contributed by atoms with E-state index in [2.05, 4.69) is 53.0 Å². The molecule has 1 aliphatic carbocycles. The minimum Gasteiger partial charge on any atom is -0.458 e. The fourth-order valence-electron chi connectivity index (χ4n) is 1.95. The average molecular weight is 327 g/mol. The number of hydrogen-bond acceptors (Lipinski definition) is 2. The van der Waals surface area contributed by atoms with Gasteiger partial charge >= 0.3 is 0 Å². The number of benzene rings is 1. The minimum atomic E-state index is 0.728. The van der Waals surface area contributed by atoms with Crippen LogP contribution in [-0.2, 0) is 6.54 Å². The van der Waals surface area contributed by atoms with Gasteiger partial charge in [0.2, 0.25) is 0 Å². The highest BCUT2D eigenvalue weighted by Crippen LogP contribution is 2.29. The van der Waals surface area contributed by atoms with Crippen molar-refractivity contribution in [3.8, 4) is 0 Å². The van der Waals surface area contributed by atoms with E-state index in [1.54, 1.807) is 0 Å². The molecular weight excluding hydrogens is 313 g/mol. The summed E-state index contributed by atoms with van der Waals surface area (Å²) in [5.41, 5.74) is 2.31. The molecule has 0 aliphatic heterocycles. The van der Waals surface area contributed by atoms with Gasteiger partial charge in [-0.2, -0.15) is 0 Å². The van der Waals surface area contributed by atoms with Crippen LogP contribution in [-0.4, -0.2) is 6.04 Å². The van der Waals surface area contributed by atoms with Crippen LogP contribution >= 0.6 is 22.6 Å². The topological polar surface area (TPSA) is 25.2 Å². The smallest absolute Gasteiger partial charge is 0.147 e. The van der Waals surface area contributed by atoms with E-state index in [1.807, 2.05) is 0 Å². The van der Waals surface area contributed by atoms with Gasteiger partial charge in [-0.05, 0) is 54.0 Å². The van der Waals surface area contributed by atoms with Gasteiger partial charge in [-0.3, -0.25) is 0 Å². The Bertz CT molecular complexity index is 528. The molecule has 0 atom stereocenters. The second-order valence-electron chi connectivity index (χ2n) is 4.42. The number of furan rings is 1. The lowest BCUT2D eigenvalue weighted by atomic mass is 10.1. The van der Waals surface area contributed by atoms with Crippen LogP contribution in [0.3, 0.4) is 0 Å². The highest BCUT2D eigenvalue weighted by molar-refractivity contribution is 14.1. The summed E-state index contributed by atoms with van der Waals surface area (Å²) in [6.45, 7) is 3.01. The van der Waals surface area contributed by atoms with Gasteiger partial charge in [0.05, 0.1) is 10.1 Å². The number of halogens is 1. The van der Waals surface area contributed by atoms with Crippen molar-refractivity contribution in [1.29, 1.82) is 0 Å². The Balaban J connectivity index is 1.97. The van der Waals surface area contributed by atoms with Crippen LogP contribution in [0, 0.1) is 10.5 Å². The molecule has 0 radical (unpaired) electrons. The lowest BCUT2D eigenvalue weighted by Gasteiger charge is -1.99. The lowest BCUT2D eigenvalue weighted by molar-refractivity contribution is 0.508. The summed E-state index contributed by atoms with van der Waals surface area (Å²) in [6.07, 6.45) is 2.63. The third-order valence-corrected chi connectivity index (χ3v) is 3.99. The molecule has 3 rings (SSSR count). The number of fused-ring (bicyclic) bond motifs is 1. The maximum Gasteiger partial charge on any atom is 0.147 e. The molecule has 1 aliphatic rings. The number of hydrogen-bond donors (Lipinski definition) is 1. The van der Waals surface area contributed by atoms with Crippen LogP contribution in [0.2, 0.25) is 0 Å². The summed E-state index contributed by atoms with van der Waals surface area (Å²) in [6, 6.07) is 7.04. The van der Waals surface area contributed by atoms with Gasteiger partial charge in [-0.15, -0.1) is 0 Å². The molecule has 0 bridgehead atoms. The van der Waals surface area contributed by atoms with E-state index in [0.717, 1.165) is 23.9 Å². The van der Waals surface area contributed by atoms with Crippen molar-refractivity contribution in [1.82, 2.24) is 5.32 Å². The standard InChI is InChI=1S/C13H14INO/c1-8-10-3-2-4-11(14)13(10)16-12(8)7-15-9-5-6-9/h2-4,9,15H,5-7H2,1H3. The summed E-state index contributed by atoms with van der Waals surface area (Å²) in [7, 11) is 0. The maximum atomic E-state index is 5.94. The van der Waals surface area contributed by atoms with Gasteiger partial charge in [0, 0.05) is 11.4 Å². The average Bonchev–Trinajstić information content (AvgIpc) is 3.04. The Morgan fingerprint density at radius 2 is 2.25 bits per heavy atom. The molecule has 1 heterocycles. The van der Waals surface area contributed by atoms with Crippen molar-refractivity contribution >= 4 is 33.6 Å². The molecule has 2 aromatic rings. The molecule has 1 N–H and O–H groups in total. The Hall–Kier alpha value is -0.550. The van der Waals surface area contributed by atoms with Crippen molar-refractivity contribution in [3.05, 3.63) is 33.1 Å². The molecule has 1 aromatic heterocycles. The van der Waals surface area contributed by atoms with Crippen molar-refractivity contribution < 1.29 is 4.42 Å². The van der Waals surface area contributed by atoms with Crippen LogP contribution in [0.25, 0.3) is 11.0 Å². The first kappa shape index (κ1) is 10.6. The van der Waals surface area contributed by atoms with Gasteiger partial charge in [-0.25, -0.2) is 0 Å². The SMILES string of the molecule is Cc1c(CNC2CC2)oc2c(I)cccc12. The molecule has 1 saturated carbocycles. The monoisotopic (exact) mass is 327 g/mol. The van der Waals surface area contributed by atoms with Crippen LogP contribution in [0.4, 0.5) is 0 Å². The largest absolute Gasteiger partial charge is 0.458 e. The van der Waals surface area contributed by atoms with Crippen molar-refractivity contribution in [2.24, 2.45) is 0 Å². The Kier molecular flexibility index (Phi) is 2.67. The molecule has 0 unspecified atom stereocenters. The Morgan fingerprint density at radius 3 is 2.94 bits per heavy atom. The maximum absolute atomic E-state index is 5.94. The second-order valence-corrected chi connectivity index (χ2v) is 5.58. The molecule has 0 amide bonds.